The largest absolute Gasteiger partial charge is 0.462 e. The zero-order valence-electron chi connectivity index (χ0n) is 20.6. The van der Waals surface area contributed by atoms with Crippen LogP contribution in [0, 0.1) is 10.8 Å². The van der Waals surface area contributed by atoms with Crippen LogP contribution >= 0.6 is 0 Å². The highest BCUT2D eigenvalue weighted by atomic mass is 16.6. The minimum Gasteiger partial charge on any atom is -0.462 e. The van der Waals surface area contributed by atoms with E-state index in [-0.39, 0.29) is 38.4 Å². The van der Waals surface area contributed by atoms with Gasteiger partial charge in [-0.25, -0.2) is 14.4 Å². The number of carbonyl (C=O) groups is 3. The topological polar surface area (TPSA) is 121 Å². The summed E-state index contributed by atoms with van der Waals surface area (Å²) >= 11 is 0. The lowest BCUT2D eigenvalue weighted by molar-refractivity contribution is -0.232. The maximum Gasteiger partial charge on any atom is 0.331 e. The van der Waals surface area contributed by atoms with Crippen LogP contribution in [0.5, 0.6) is 0 Å². The van der Waals surface area contributed by atoms with Crippen LogP contribution in [0.15, 0.2) is 47.6 Å². The highest BCUT2D eigenvalue weighted by molar-refractivity contribution is 5.85. The van der Waals surface area contributed by atoms with Gasteiger partial charge in [0.1, 0.15) is 18.3 Å². The monoisotopic (exact) mass is 500 g/mol. The Labute approximate surface area is 209 Å². The van der Waals surface area contributed by atoms with Crippen LogP contribution in [0.3, 0.4) is 0 Å². The van der Waals surface area contributed by atoms with E-state index in [9.17, 15) is 19.5 Å². The standard InChI is InChI=1S/C27H32O9/c1-17-7-9-26-15-33-24(31)12-18(14-28)8-10-32-22(29)5-3-4-6-23(30)36-19-13-21(35-20(26)11-17)27(16-34-27)25(19,26)2/h3-6,11-12,19-21,28H,7-10,13-16H2,1-2H3/b5-3+,6-4+,18-12+/t19-,20-,21-,25-,26-,27+/m1/s1. The molecule has 0 aromatic heterocycles. The van der Waals surface area contributed by atoms with Gasteiger partial charge in [-0.05, 0) is 25.3 Å². The lowest BCUT2D eigenvalue weighted by atomic mass is 9.51. The van der Waals surface area contributed by atoms with Crippen molar-refractivity contribution in [1.82, 2.24) is 0 Å². The number of aliphatic hydroxyl groups is 1. The molecule has 3 heterocycles. The van der Waals surface area contributed by atoms with Gasteiger partial charge in [-0.2, -0.15) is 0 Å². The van der Waals surface area contributed by atoms with E-state index >= 15 is 0 Å². The fraction of sp³-hybridized carbons (Fsp3) is 0.593. The van der Waals surface area contributed by atoms with Gasteiger partial charge < -0.3 is 28.8 Å². The zero-order valence-corrected chi connectivity index (χ0v) is 20.6. The third-order valence-corrected chi connectivity index (χ3v) is 8.72. The van der Waals surface area contributed by atoms with Crippen LogP contribution in [-0.2, 0) is 38.1 Å². The Hall–Kier alpha value is -2.75. The van der Waals surface area contributed by atoms with Crippen molar-refractivity contribution in [2.45, 2.75) is 63.4 Å². The van der Waals surface area contributed by atoms with E-state index in [1.54, 1.807) is 0 Å². The van der Waals surface area contributed by atoms with Gasteiger partial charge in [-0.3, -0.25) is 0 Å². The molecule has 36 heavy (non-hydrogen) atoms. The van der Waals surface area contributed by atoms with Gasteiger partial charge in [-0.1, -0.05) is 30.7 Å². The normalized spacial score (nSPS) is 44.0. The first-order valence-corrected chi connectivity index (χ1v) is 12.4. The molecule has 0 aromatic carbocycles. The fourth-order valence-electron chi connectivity index (χ4n) is 6.52. The van der Waals surface area contributed by atoms with E-state index in [4.69, 9.17) is 23.7 Å². The summed E-state index contributed by atoms with van der Waals surface area (Å²) in [6.45, 7) is 4.29. The molecule has 9 heteroatoms. The smallest absolute Gasteiger partial charge is 0.331 e. The van der Waals surface area contributed by atoms with E-state index in [0.29, 0.717) is 25.0 Å². The number of aliphatic hydroxyl groups excluding tert-OH is 1. The summed E-state index contributed by atoms with van der Waals surface area (Å²) in [5.41, 5.74) is -0.350. The number of carbonyl (C=O) groups excluding carboxylic acids is 3. The third-order valence-electron chi connectivity index (χ3n) is 8.72. The Morgan fingerprint density at radius 1 is 1.00 bits per heavy atom. The fourth-order valence-corrected chi connectivity index (χ4v) is 6.52. The summed E-state index contributed by atoms with van der Waals surface area (Å²) in [6, 6.07) is 0. The van der Waals surface area contributed by atoms with E-state index in [0.717, 1.165) is 6.42 Å². The molecule has 0 unspecified atom stereocenters. The number of hydrogen-bond donors (Lipinski definition) is 1. The molecule has 0 radical (unpaired) electrons. The first-order chi connectivity index (χ1) is 17.2. The molecule has 0 amide bonds. The average molecular weight is 501 g/mol. The summed E-state index contributed by atoms with van der Waals surface area (Å²) in [5, 5.41) is 9.68. The van der Waals surface area contributed by atoms with Crippen molar-refractivity contribution in [3.8, 4) is 0 Å². The minimum absolute atomic E-state index is 0.0144. The van der Waals surface area contributed by atoms with Crippen molar-refractivity contribution in [2.75, 3.05) is 26.4 Å². The Balaban J connectivity index is 1.53. The van der Waals surface area contributed by atoms with Crippen LogP contribution in [0.1, 0.15) is 39.5 Å². The zero-order chi connectivity index (χ0) is 25.6. The quantitative estimate of drug-likeness (QED) is 0.250. The number of hydrogen-bond acceptors (Lipinski definition) is 9. The summed E-state index contributed by atoms with van der Waals surface area (Å²) in [6.07, 6.45) is 9.68. The molecule has 0 aromatic rings. The number of esters is 3. The molecule has 3 aliphatic heterocycles. The van der Waals surface area contributed by atoms with E-state index < -0.39 is 40.4 Å². The molecule has 5 rings (SSSR count). The van der Waals surface area contributed by atoms with Gasteiger partial charge in [0.15, 0.2) is 0 Å². The van der Waals surface area contributed by atoms with Crippen LogP contribution < -0.4 is 0 Å². The molecule has 1 N–H and O–H groups in total. The molecule has 1 saturated carbocycles. The number of rotatable bonds is 1. The Morgan fingerprint density at radius 3 is 2.47 bits per heavy atom. The van der Waals surface area contributed by atoms with Gasteiger partial charge in [0, 0.05) is 36.5 Å². The molecule has 6 atom stereocenters. The highest BCUT2D eigenvalue weighted by Crippen LogP contribution is 2.72. The van der Waals surface area contributed by atoms with Gasteiger partial charge in [0.2, 0.25) is 0 Å². The van der Waals surface area contributed by atoms with Gasteiger partial charge in [-0.15, -0.1) is 0 Å². The van der Waals surface area contributed by atoms with Crippen molar-refractivity contribution in [1.29, 1.82) is 0 Å². The highest BCUT2D eigenvalue weighted by Gasteiger charge is 2.83. The van der Waals surface area contributed by atoms with E-state index in [2.05, 4.69) is 19.9 Å². The first kappa shape index (κ1) is 24.9. The lowest BCUT2D eigenvalue weighted by Crippen LogP contribution is -2.66. The van der Waals surface area contributed by atoms with Crippen LogP contribution in [-0.4, -0.2) is 73.4 Å². The van der Waals surface area contributed by atoms with Gasteiger partial charge >= 0.3 is 17.9 Å². The predicted octanol–water partition coefficient (Wildman–Crippen LogP) is 2.09. The number of ether oxygens (including phenoxy) is 5. The second-order valence-corrected chi connectivity index (χ2v) is 10.5. The molecular formula is C27H32O9. The molecule has 3 fully saturated rings. The Bertz CT molecular complexity index is 1070. The first-order valence-electron chi connectivity index (χ1n) is 12.4. The number of cyclic esters (lactones) is 2. The Morgan fingerprint density at radius 2 is 1.75 bits per heavy atom. The minimum atomic E-state index is -0.672. The Kier molecular flexibility index (Phi) is 6.43. The van der Waals surface area contributed by atoms with E-state index in [1.807, 2.05) is 0 Å². The van der Waals surface area contributed by atoms with Crippen molar-refractivity contribution in [3.63, 3.8) is 0 Å². The van der Waals surface area contributed by atoms with Crippen LogP contribution in [0.25, 0.3) is 0 Å². The van der Waals surface area contributed by atoms with Gasteiger partial charge in [0.25, 0.3) is 0 Å². The van der Waals surface area contributed by atoms with Crippen LogP contribution in [0.2, 0.25) is 0 Å². The summed E-state index contributed by atoms with van der Waals surface area (Å²) < 4.78 is 29.6. The second kappa shape index (κ2) is 9.28. The maximum atomic E-state index is 12.8. The van der Waals surface area contributed by atoms with Crippen LogP contribution in [0.4, 0.5) is 0 Å². The second-order valence-electron chi connectivity index (χ2n) is 10.5. The molecule has 194 valence electrons. The summed E-state index contributed by atoms with van der Waals surface area (Å²) in [4.78, 5) is 37.5. The molecule has 2 aliphatic carbocycles. The summed E-state index contributed by atoms with van der Waals surface area (Å²) in [5.74, 6) is -1.74. The third kappa shape index (κ3) is 3.93. The van der Waals surface area contributed by atoms with Crippen molar-refractivity contribution in [2.24, 2.45) is 10.8 Å². The van der Waals surface area contributed by atoms with Gasteiger partial charge in [0.05, 0.1) is 37.4 Å². The molecule has 2 saturated heterocycles. The number of epoxide rings is 1. The van der Waals surface area contributed by atoms with E-state index in [1.165, 1.54) is 36.0 Å². The SMILES string of the molecule is CC1=C[C@H]2O[C@@H]3C[C@H]4OC(=O)/C=C/C=C/C(=O)OCC/C(CO)=C\C(=O)OC[C@@]2(CC1)[C@]4(C)[C@]31CO1. The molecule has 2 spiro atoms. The van der Waals surface area contributed by atoms with Crippen molar-refractivity contribution >= 4 is 17.9 Å². The summed E-state index contributed by atoms with van der Waals surface area (Å²) in [7, 11) is 0. The molecule has 2 bridgehead atoms. The van der Waals surface area contributed by atoms with Crippen molar-refractivity contribution < 1.29 is 43.2 Å². The average Bonchev–Trinajstić information content (AvgIpc) is 3.62. The number of allylic oxidation sites excluding steroid dienone is 3. The lowest BCUT2D eigenvalue weighted by Gasteiger charge is -2.58. The van der Waals surface area contributed by atoms with Crippen molar-refractivity contribution in [3.05, 3.63) is 47.6 Å². The predicted molar refractivity (Wildman–Crippen MR) is 125 cm³/mol. The molecule has 5 aliphatic rings. The molecule has 9 nitrogen and oxygen atoms in total. The molecular weight excluding hydrogens is 468 g/mol. The maximum absolute atomic E-state index is 12.8.